The molecule has 0 saturated carbocycles. The fourth-order valence-corrected chi connectivity index (χ4v) is 5.37. The van der Waals surface area contributed by atoms with Crippen LogP contribution < -0.4 is 42.0 Å². The molecule has 15 nitrogen and oxygen atoms in total. The van der Waals surface area contributed by atoms with E-state index in [1.807, 2.05) is 14.1 Å². The third-order valence-electron chi connectivity index (χ3n) is 8.14. The van der Waals surface area contributed by atoms with Crippen LogP contribution in [0.3, 0.4) is 0 Å². The molecule has 0 saturated heterocycles. The average Bonchev–Trinajstić information content (AvgIpc) is 3.00. The summed E-state index contributed by atoms with van der Waals surface area (Å²) in [6, 6.07) is 3.30. The maximum absolute atomic E-state index is 13.3. The van der Waals surface area contributed by atoms with Crippen LogP contribution in [0.4, 0.5) is 4.79 Å². The third-order valence-corrected chi connectivity index (χ3v) is 8.14. The lowest BCUT2D eigenvalue weighted by Crippen LogP contribution is -2.68. The van der Waals surface area contributed by atoms with Gasteiger partial charge >= 0.3 is 12.0 Å². The summed E-state index contributed by atoms with van der Waals surface area (Å²) < 4.78 is 74.9. The zero-order valence-electron chi connectivity index (χ0n) is 31.2. The molecule has 0 spiro atoms. The van der Waals surface area contributed by atoms with E-state index in [4.69, 9.17) is 42.0 Å². The van der Waals surface area contributed by atoms with Crippen LogP contribution in [0.25, 0.3) is 0 Å². The summed E-state index contributed by atoms with van der Waals surface area (Å²) in [7, 11) is -2.84. The zero-order valence-corrected chi connectivity index (χ0v) is 32.7. The Labute approximate surface area is 303 Å². The summed E-state index contributed by atoms with van der Waals surface area (Å²) in [6.45, 7) is 13.2. The molecule has 0 aliphatic heterocycles. The molecule has 0 fully saturated rings. The largest absolute Gasteiger partial charge is 0.414 e. The highest BCUT2D eigenvalue weighted by molar-refractivity contribution is 5.90. The highest BCUT2D eigenvalue weighted by Crippen LogP contribution is 2.22. The third kappa shape index (κ3) is 28.9. The monoisotopic (exact) mass is 760 g/mol. The van der Waals surface area contributed by atoms with Crippen molar-refractivity contribution in [3.05, 3.63) is 24.0 Å². The summed E-state index contributed by atoms with van der Waals surface area (Å²) in [4.78, 5) is 30.8. The number of pyridine rings is 1. The second kappa shape index (κ2) is 27.0. The number of halogens is 2. The van der Waals surface area contributed by atoms with E-state index in [9.17, 15) is 9.59 Å². The van der Waals surface area contributed by atoms with Gasteiger partial charge in [0.25, 0.3) is 0 Å². The number of nitrogens with zero attached hydrogens (tertiary/aromatic N) is 4. The molecular formula is C33H62Cl2N4O11. The summed E-state index contributed by atoms with van der Waals surface area (Å²) in [5, 5.41) is 0. The topological polar surface area (TPSA) is 244 Å². The Bertz CT molecular complexity index is 994. The first-order valence-corrected chi connectivity index (χ1v) is 19.9. The molecule has 294 valence electrons. The standard InChI is InChI=1S/C33H62N4O3.2ClHO4/c1-8-11-26-37(27-12-9-2,28-13-10-3)29-21-19-17-15-14-16-18-20-25-36(6,7)32(38)31-30(23-22-24-34-31)40-33(39)35(4)5;2*2-1(3,4)5/h22-24H,8-21,25-29H2,1-7H3;2*(H,2,3,4,5)/q+2;;/p-2. The number of unbranched alkanes of at least 4 members (excludes halogenated alkanes) is 10. The van der Waals surface area contributed by atoms with E-state index in [2.05, 4.69) is 25.8 Å². The molecule has 1 aromatic rings. The van der Waals surface area contributed by atoms with E-state index in [1.165, 1.54) is 113 Å². The molecule has 0 radical (unpaired) electrons. The van der Waals surface area contributed by atoms with Crippen molar-refractivity contribution in [1.82, 2.24) is 9.88 Å². The van der Waals surface area contributed by atoms with E-state index >= 15 is 0 Å². The molecule has 1 rings (SSSR count). The van der Waals surface area contributed by atoms with E-state index in [0.29, 0.717) is 0 Å². The maximum Gasteiger partial charge on any atom is 0.414 e. The van der Waals surface area contributed by atoms with Crippen LogP contribution in [0.15, 0.2) is 18.3 Å². The van der Waals surface area contributed by atoms with Crippen LogP contribution in [0.1, 0.15) is 121 Å². The van der Waals surface area contributed by atoms with Gasteiger partial charge in [-0.15, -0.1) is 20.5 Å². The van der Waals surface area contributed by atoms with Gasteiger partial charge in [0.05, 0.1) is 46.8 Å². The Morgan fingerprint density at radius 2 is 1.02 bits per heavy atom. The van der Waals surface area contributed by atoms with Crippen molar-refractivity contribution < 1.29 is 81.1 Å². The molecular weight excluding hydrogens is 699 g/mol. The number of quaternary nitrogens is 2. The fraction of sp³-hybridized carbons (Fsp3) is 0.788. The van der Waals surface area contributed by atoms with Crippen LogP contribution >= 0.6 is 0 Å². The minimum atomic E-state index is -4.94. The molecule has 0 aliphatic rings. The molecule has 0 atom stereocenters. The predicted molar refractivity (Wildman–Crippen MR) is 167 cm³/mol. The molecule has 0 bridgehead atoms. The van der Waals surface area contributed by atoms with Gasteiger partial charge in [0.2, 0.25) is 5.69 Å². The van der Waals surface area contributed by atoms with Gasteiger partial charge in [-0.2, -0.15) is 0 Å². The smallest absolute Gasteiger partial charge is 0.407 e. The van der Waals surface area contributed by atoms with Crippen LogP contribution in [0.5, 0.6) is 5.75 Å². The van der Waals surface area contributed by atoms with Crippen LogP contribution in [0.2, 0.25) is 0 Å². The van der Waals surface area contributed by atoms with Crippen molar-refractivity contribution in [2.24, 2.45) is 0 Å². The van der Waals surface area contributed by atoms with E-state index < -0.39 is 26.6 Å². The van der Waals surface area contributed by atoms with Gasteiger partial charge in [-0.3, -0.25) is 4.48 Å². The van der Waals surface area contributed by atoms with Gasteiger partial charge < -0.3 is 14.1 Å². The number of carbonyl (C=O) groups is 2. The predicted octanol–water partition coefficient (Wildman–Crippen LogP) is -1.82. The molecule has 0 N–H and O–H groups in total. The normalized spacial score (nSPS) is 12.0. The van der Waals surface area contributed by atoms with Gasteiger partial charge in [-0.25, -0.2) is 51.8 Å². The van der Waals surface area contributed by atoms with Gasteiger partial charge in [-0.1, -0.05) is 65.7 Å². The quantitative estimate of drug-likeness (QED) is 0.0937. The number of rotatable bonds is 22. The van der Waals surface area contributed by atoms with Crippen molar-refractivity contribution in [1.29, 1.82) is 0 Å². The van der Waals surface area contributed by atoms with Crippen molar-refractivity contribution in [2.75, 3.05) is 60.9 Å². The van der Waals surface area contributed by atoms with Crippen LogP contribution in [-0.4, -0.2) is 91.8 Å². The van der Waals surface area contributed by atoms with Gasteiger partial charge in [0.1, 0.15) is 0 Å². The Balaban J connectivity index is 0. The molecule has 0 aromatic carbocycles. The maximum atomic E-state index is 13.3. The van der Waals surface area contributed by atoms with Gasteiger partial charge in [-0.05, 0) is 57.1 Å². The lowest BCUT2D eigenvalue weighted by molar-refractivity contribution is -2.00. The first-order valence-electron chi connectivity index (χ1n) is 17.4. The number of amides is 2. The summed E-state index contributed by atoms with van der Waals surface area (Å²) in [6.07, 6.45) is 19.0. The van der Waals surface area contributed by atoms with E-state index in [-0.39, 0.29) is 21.8 Å². The number of carbonyl (C=O) groups excluding carboxylic acids is 2. The van der Waals surface area contributed by atoms with E-state index in [1.54, 1.807) is 32.4 Å². The minimum absolute atomic E-state index is 0.131. The minimum Gasteiger partial charge on any atom is -0.407 e. The fourth-order valence-electron chi connectivity index (χ4n) is 5.37. The first-order chi connectivity index (χ1) is 23.1. The lowest BCUT2D eigenvalue weighted by atomic mass is 10.1. The molecule has 0 unspecified atom stereocenters. The molecule has 2 amide bonds. The molecule has 0 aliphatic carbocycles. The molecule has 1 aromatic heterocycles. The Hall–Kier alpha value is -1.73. The Morgan fingerprint density at radius 1 is 0.660 bits per heavy atom. The molecule has 17 heteroatoms. The van der Waals surface area contributed by atoms with Crippen molar-refractivity contribution in [3.8, 4) is 5.75 Å². The summed E-state index contributed by atoms with van der Waals surface area (Å²) in [5.74, 6) is 0.0861. The van der Waals surface area contributed by atoms with Crippen molar-refractivity contribution >= 4 is 12.0 Å². The molecule has 50 heavy (non-hydrogen) atoms. The number of hydrogen-bond acceptors (Lipinski definition) is 12. The summed E-state index contributed by atoms with van der Waals surface area (Å²) >= 11 is 0. The van der Waals surface area contributed by atoms with Gasteiger partial charge in [0.15, 0.2) is 5.75 Å². The average molecular weight is 762 g/mol. The van der Waals surface area contributed by atoms with Gasteiger partial charge in [0, 0.05) is 20.3 Å². The van der Waals surface area contributed by atoms with Crippen LogP contribution in [0, 0.1) is 20.5 Å². The molecule has 1 heterocycles. The zero-order chi connectivity index (χ0) is 38.9. The second-order valence-electron chi connectivity index (χ2n) is 13.2. The SMILES string of the molecule is CCCC[N+](CCCC)(CCCC)CCCCCCCCCC[N+](C)(C)C(=O)c1ncccc1OC(=O)N(C)C.[O-][Cl+3]([O-])([O-])[O-].[O-][Cl+3]([O-])([O-])[O-]. The summed E-state index contributed by atoms with van der Waals surface area (Å²) in [5.41, 5.74) is 0.212. The van der Waals surface area contributed by atoms with Crippen molar-refractivity contribution in [3.63, 3.8) is 0 Å². The van der Waals surface area contributed by atoms with Crippen molar-refractivity contribution in [2.45, 2.75) is 111 Å². The number of hydrogen-bond donors (Lipinski definition) is 0. The Kier molecular flexibility index (Phi) is 27.2. The van der Waals surface area contributed by atoms with Crippen LogP contribution in [-0.2, 0) is 0 Å². The highest BCUT2D eigenvalue weighted by Gasteiger charge is 2.32. The second-order valence-corrected chi connectivity index (χ2v) is 14.7. The number of aromatic nitrogens is 1. The van der Waals surface area contributed by atoms with E-state index in [0.717, 1.165) is 19.4 Å². The number of ether oxygens (including phenoxy) is 1. The highest BCUT2D eigenvalue weighted by atomic mass is 35.7. The first kappa shape index (κ1) is 50.4. The Morgan fingerprint density at radius 3 is 1.40 bits per heavy atom. The lowest BCUT2D eigenvalue weighted by Gasteiger charge is -2.39.